The first-order valence-corrected chi connectivity index (χ1v) is 7.02. The third kappa shape index (κ3) is 4.49. The van der Waals surface area contributed by atoms with E-state index in [9.17, 15) is 4.39 Å². The van der Waals surface area contributed by atoms with E-state index in [1.54, 1.807) is 24.4 Å². The molecule has 2 rings (SSSR count). The van der Waals surface area contributed by atoms with Gasteiger partial charge in [-0.05, 0) is 31.5 Å². The number of hydrogen-bond donors (Lipinski definition) is 1. The minimum Gasteiger partial charge on any atom is -0.421 e. The van der Waals surface area contributed by atoms with Gasteiger partial charge in [-0.3, -0.25) is 0 Å². The molecule has 21 heavy (non-hydrogen) atoms. The topological polar surface area (TPSA) is 47.0 Å². The summed E-state index contributed by atoms with van der Waals surface area (Å²) in [6.45, 7) is 7.85. The van der Waals surface area contributed by atoms with Crippen molar-refractivity contribution in [3.05, 3.63) is 47.5 Å². The number of nitrogens with one attached hydrogen (secondary N) is 1. The Morgan fingerprint density at radius 1 is 1.29 bits per heavy atom. The molecule has 112 valence electrons. The van der Waals surface area contributed by atoms with Gasteiger partial charge in [0.05, 0.1) is 0 Å². The zero-order valence-corrected chi connectivity index (χ0v) is 12.6. The van der Waals surface area contributed by atoms with Crippen LogP contribution in [0.2, 0.25) is 0 Å². The van der Waals surface area contributed by atoms with Crippen molar-refractivity contribution in [1.29, 1.82) is 0 Å². The first kappa shape index (κ1) is 15.4. The van der Waals surface area contributed by atoms with E-state index < -0.39 is 5.82 Å². The van der Waals surface area contributed by atoms with Crippen LogP contribution >= 0.6 is 0 Å². The van der Waals surface area contributed by atoms with Gasteiger partial charge >= 0.3 is 6.01 Å². The Bertz CT molecular complexity index is 602. The number of nitrogens with zero attached hydrogens (tertiary/aromatic N) is 2. The van der Waals surface area contributed by atoms with E-state index in [0.29, 0.717) is 12.5 Å². The summed E-state index contributed by atoms with van der Waals surface area (Å²) in [5.41, 5.74) is 1.84. The van der Waals surface area contributed by atoms with Crippen LogP contribution in [-0.4, -0.2) is 16.5 Å². The molecule has 0 amide bonds. The van der Waals surface area contributed by atoms with Gasteiger partial charge in [0.1, 0.15) is 0 Å². The van der Waals surface area contributed by atoms with Crippen molar-refractivity contribution in [3.63, 3.8) is 0 Å². The minimum atomic E-state index is -0.429. The molecule has 0 fully saturated rings. The zero-order chi connectivity index (χ0) is 15.2. The largest absolute Gasteiger partial charge is 0.421 e. The SMILES string of the molecule is Cc1nc(Oc2ccccc2F)ncc1CNCC(C)C. The Morgan fingerprint density at radius 3 is 2.71 bits per heavy atom. The Kier molecular flexibility index (Phi) is 5.22. The lowest BCUT2D eigenvalue weighted by molar-refractivity contribution is 0.409. The normalized spacial score (nSPS) is 10.9. The highest BCUT2D eigenvalue weighted by atomic mass is 19.1. The molecule has 0 aliphatic carbocycles. The first-order chi connectivity index (χ1) is 10.1. The monoisotopic (exact) mass is 289 g/mol. The van der Waals surface area contributed by atoms with Gasteiger partial charge in [0.15, 0.2) is 11.6 Å². The highest BCUT2D eigenvalue weighted by Crippen LogP contribution is 2.21. The van der Waals surface area contributed by atoms with Gasteiger partial charge in [-0.25, -0.2) is 9.37 Å². The van der Waals surface area contributed by atoms with Crippen LogP contribution < -0.4 is 10.1 Å². The summed E-state index contributed by atoms with van der Waals surface area (Å²) in [6.07, 6.45) is 1.71. The maximum atomic E-state index is 13.5. The smallest absolute Gasteiger partial charge is 0.322 e. The molecule has 1 heterocycles. The summed E-state index contributed by atoms with van der Waals surface area (Å²) in [6, 6.07) is 6.36. The lowest BCUT2D eigenvalue weighted by Gasteiger charge is -2.10. The molecule has 1 aromatic carbocycles. The molecular weight excluding hydrogens is 269 g/mol. The Hall–Kier alpha value is -2.01. The van der Waals surface area contributed by atoms with Crippen molar-refractivity contribution in [1.82, 2.24) is 15.3 Å². The molecule has 0 saturated carbocycles. The molecule has 0 spiro atoms. The second kappa shape index (κ2) is 7.13. The van der Waals surface area contributed by atoms with Crippen molar-refractivity contribution in [2.45, 2.75) is 27.3 Å². The average Bonchev–Trinajstić information content (AvgIpc) is 2.43. The number of hydrogen-bond acceptors (Lipinski definition) is 4. The van der Waals surface area contributed by atoms with E-state index >= 15 is 0 Å². The van der Waals surface area contributed by atoms with E-state index in [4.69, 9.17) is 4.74 Å². The Labute approximate surface area is 124 Å². The summed E-state index contributed by atoms with van der Waals surface area (Å²) in [5.74, 6) is 0.291. The van der Waals surface area contributed by atoms with Crippen molar-refractivity contribution in [3.8, 4) is 11.8 Å². The summed E-state index contributed by atoms with van der Waals surface area (Å²) in [7, 11) is 0. The van der Waals surface area contributed by atoms with Gasteiger partial charge in [0, 0.05) is 24.0 Å². The molecule has 0 bridgehead atoms. The fourth-order valence-corrected chi connectivity index (χ4v) is 1.81. The number of aryl methyl sites for hydroxylation is 1. The van der Waals surface area contributed by atoms with Gasteiger partial charge < -0.3 is 10.1 Å². The highest BCUT2D eigenvalue weighted by Gasteiger charge is 2.08. The molecule has 0 unspecified atom stereocenters. The van der Waals surface area contributed by atoms with E-state index in [-0.39, 0.29) is 11.8 Å². The lowest BCUT2D eigenvalue weighted by Crippen LogP contribution is -2.20. The number of benzene rings is 1. The highest BCUT2D eigenvalue weighted by molar-refractivity contribution is 5.27. The fraction of sp³-hybridized carbons (Fsp3) is 0.375. The van der Waals surface area contributed by atoms with Crippen LogP contribution in [0.5, 0.6) is 11.8 Å². The van der Waals surface area contributed by atoms with E-state index in [0.717, 1.165) is 17.8 Å². The van der Waals surface area contributed by atoms with Gasteiger partial charge in [-0.1, -0.05) is 26.0 Å². The number of para-hydroxylation sites is 1. The van der Waals surface area contributed by atoms with Crippen LogP contribution in [0.4, 0.5) is 4.39 Å². The van der Waals surface area contributed by atoms with Crippen molar-refractivity contribution in [2.75, 3.05) is 6.54 Å². The molecule has 4 nitrogen and oxygen atoms in total. The molecule has 0 atom stereocenters. The molecule has 5 heteroatoms. The van der Waals surface area contributed by atoms with Crippen LogP contribution in [0.1, 0.15) is 25.1 Å². The Balaban J connectivity index is 2.03. The van der Waals surface area contributed by atoms with Crippen molar-refractivity contribution in [2.24, 2.45) is 5.92 Å². The molecule has 0 radical (unpaired) electrons. The molecular formula is C16H20FN3O. The number of ether oxygens (including phenoxy) is 1. The summed E-state index contributed by atoms with van der Waals surface area (Å²) in [4.78, 5) is 8.40. The van der Waals surface area contributed by atoms with Crippen LogP contribution in [-0.2, 0) is 6.54 Å². The third-order valence-corrected chi connectivity index (χ3v) is 2.96. The minimum absolute atomic E-state index is 0.127. The lowest BCUT2D eigenvalue weighted by atomic mass is 10.2. The van der Waals surface area contributed by atoms with E-state index in [1.807, 2.05) is 6.92 Å². The van der Waals surface area contributed by atoms with Gasteiger partial charge in [0.25, 0.3) is 0 Å². The van der Waals surface area contributed by atoms with Crippen LogP contribution in [0.3, 0.4) is 0 Å². The molecule has 2 aromatic rings. The second-order valence-corrected chi connectivity index (χ2v) is 5.32. The standard InChI is InChI=1S/C16H20FN3O/c1-11(2)8-18-9-13-10-19-16(20-12(13)3)21-15-7-5-4-6-14(15)17/h4-7,10-11,18H,8-9H2,1-3H3. The maximum absolute atomic E-state index is 13.5. The van der Waals surface area contributed by atoms with Crippen LogP contribution in [0.15, 0.2) is 30.5 Å². The quantitative estimate of drug-likeness (QED) is 0.884. The predicted molar refractivity (Wildman–Crippen MR) is 79.8 cm³/mol. The summed E-state index contributed by atoms with van der Waals surface area (Å²) >= 11 is 0. The zero-order valence-electron chi connectivity index (χ0n) is 12.6. The third-order valence-electron chi connectivity index (χ3n) is 2.96. The van der Waals surface area contributed by atoms with Gasteiger partial charge in [-0.2, -0.15) is 4.98 Å². The van der Waals surface area contributed by atoms with Crippen molar-refractivity contribution >= 4 is 0 Å². The van der Waals surface area contributed by atoms with E-state index in [1.165, 1.54) is 6.07 Å². The summed E-state index contributed by atoms with van der Waals surface area (Å²) in [5, 5.41) is 3.34. The molecule has 0 aliphatic heterocycles. The van der Waals surface area contributed by atoms with Crippen LogP contribution in [0, 0.1) is 18.7 Å². The molecule has 0 saturated heterocycles. The van der Waals surface area contributed by atoms with Crippen LogP contribution in [0.25, 0.3) is 0 Å². The molecule has 0 aliphatic rings. The average molecular weight is 289 g/mol. The fourth-order valence-electron chi connectivity index (χ4n) is 1.81. The first-order valence-electron chi connectivity index (χ1n) is 7.02. The van der Waals surface area contributed by atoms with Gasteiger partial charge in [-0.15, -0.1) is 0 Å². The predicted octanol–water partition coefficient (Wildman–Crippen LogP) is 3.46. The number of rotatable bonds is 6. The number of aromatic nitrogens is 2. The summed E-state index contributed by atoms with van der Waals surface area (Å²) < 4.78 is 18.9. The molecule has 1 aromatic heterocycles. The maximum Gasteiger partial charge on any atom is 0.322 e. The van der Waals surface area contributed by atoms with Crippen molar-refractivity contribution < 1.29 is 9.13 Å². The Morgan fingerprint density at radius 2 is 2.05 bits per heavy atom. The molecule has 1 N–H and O–H groups in total. The van der Waals surface area contributed by atoms with Gasteiger partial charge in [0.2, 0.25) is 0 Å². The van der Waals surface area contributed by atoms with E-state index in [2.05, 4.69) is 29.1 Å². The second-order valence-electron chi connectivity index (χ2n) is 5.32. The number of halogens is 1.